The van der Waals surface area contributed by atoms with Crippen molar-refractivity contribution in [3.8, 4) is 0 Å². The Bertz CT molecular complexity index is 456. The van der Waals surface area contributed by atoms with Crippen LogP contribution in [0.25, 0.3) is 0 Å². The van der Waals surface area contributed by atoms with Gasteiger partial charge >= 0.3 is 0 Å². The van der Waals surface area contributed by atoms with Crippen LogP contribution < -0.4 is 0 Å². The number of hydrogen-bond donors (Lipinski definition) is 0. The van der Waals surface area contributed by atoms with E-state index in [2.05, 4.69) is 0 Å². The minimum Gasteiger partial charge on any atom is -0.224 e. The lowest BCUT2D eigenvalue weighted by atomic mass is 10.4. The molecular formula is C8H6Cl4O2S. The zero-order chi connectivity index (χ0) is 11.6. The van der Waals surface area contributed by atoms with Crippen molar-refractivity contribution in [3.63, 3.8) is 0 Å². The maximum Gasteiger partial charge on any atom is 0.182 e. The molecule has 0 spiro atoms. The molecule has 0 fully saturated rings. The molecule has 0 unspecified atom stereocenters. The van der Waals surface area contributed by atoms with Gasteiger partial charge in [-0.1, -0.05) is 23.2 Å². The molecule has 0 radical (unpaired) electrons. The van der Waals surface area contributed by atoms with Crippen molar-refractivity contribution in [1.82, 2.24) is 0 Å². The van der Waals surface area contributed by atoms with Crippen LogP contribution in [0.1, 0.15) is 0 Å². The molecule has 1 rings (SSSR count). The van der Waals surface area contributed by atoms with E-state index in [1.54, 1.807) is 0 Å². The summed E-state index contributed by atoms with van der Waals surface area (Å²) in [4.78, 5) is -1.05. The number of halogens is 4. The molecule has 1 aromatic carbocycles. The van der Waals surface area contributed by atoms with Crippen LogP contribution in [0.2, 0.25) is 10.0 Å². The molecule has 0 aliphatic carbocycles. The Balaban J connectivity index is 3.21. The SMILES string of the molecule is O=S(=O)(CC(Cl)Cl)c1cc(Cl)ccc1Cl. The number of hydrogen-bond acceptors (Lipinski definition) is 2. The van der Waals surface area contributed by atoms with E-state index in [4.69, 9.17) is 46.4 Å². The van der Waals surface area contributed by atoms with Crippen LogP contribution in [0.5, 0.6) is 0 Å². The number of benzene rings is 1. The van der Waals surface area contributed by atoms with Gasteiger partial charge in [-0.3, -0.25) is 0 Å². The monoisotopic (exact) mass is 306 g/mol. The van der Waals surface area contributed by atoms with E-state index in [9.17, 15) is 8.42 Å². The number of alkyl halides is 2. The van der Waals surface area contributed by atoms with Gasteiger partial charge in [-0.15, -0.1) is 23.2 Å². The zero-order valence-electron chi connectivity index (χ0n) is 7.25. The summed E-state index contributed by atoms with van der Waals surface area (Å²) in [5.74, 6) is -0.393. The summed E-state index contributed by atoms with van der Waals surface area (Å²) in [5, 5.41) is 0.395. The van der Waals surface area contributed by atoms with Gasteiger partial charge in [-0.2, -0.15) is 0 Å². The van der Waals surface area contributed by atoms with Crippen LogP contribution in [0.15, 0.2) is 23.1 Å². The van der Waals surface area contributed by atoms with Gasteiger partial charge in [0.25, 0.3) is 0 Å². The van der Waals surface area contributed by atoms with Crippen molar-refractivity contribution in [3.05, 3.63) is 28.2 Å². The maximum absolute atomic E-state index is 11.7. The molecule has 0 bridgehead atoms. The van der Waals surface area contributed by atoms with Crippen molar-refractivity contribution >= 4 is 56.2 Å². The Morgan fingerprint density at radius 3 is 2.33 bits per heavy atom. The fourth-order valence-electron chi connectivity index (χ4n) is 0.971. The predicted molar refractivity (Wildman–Crippen MR) is 64.0 cm³/mol. The highest BCUT2D eigenvalue weighted by Gasteiger charge is 2.21. The second-order valence-electron chi connectivity index (χ2n) is 2.75. The first-order valence-electron chi connectivity index (χ1n) is 3.79. The van der Waals surface area contributed by atoms with E-state index >= 15 is 0 Å². The fourth-order valence-corrected chi connectivity index (χ4v) is 3.86. The molecule has 0 heterocycles. The third-order valence-electron chi connectivity index (χ3n) is 1.57. The van der Waals surface area contributed by atoms with Crippen LogP contribution in [0, 0.1) is 0 Å². The molecule has 2 nitrogen and oxygen atoms in total. The quantitative estimate of drug-likeness (QED) is 0.800. The van der Waals surface area contributed by atoms with Crippen LogP contribution in [0.3, 0.4) is 0 Å². The Morgan fingerprint density at radius 1 is 1.20 bits per heavy atom. The van der Waals surface area contributed by atoms with Crippen molar-refractivity contribution in [1.29, 1.82) is 0 Å². The third kappa shape index (κ3) is 3.68. The summed E-state index contributed by atoms with van der Waals surface area (Å²) in [7, 11) is -3.59. The van der Waals surface area contributed by atoms with E-state index in [1.807, 2.05) is 0 Å². The minimum absolute atomic E-state index is 0.0528. The van der Waals surface area contributed by atoms with Crippen molar-refractivity contribution in [2.45, 2.75) is 9.73 Å². The predicted octanol–water partition coefficient (Wildman–Crippen LogP) is 3.57. The highest BCUT2D eigenvalue weighted by atomic mass is 35.5. The molecule has 0 aliphatic rings. The zero-order valence-corrected chi connectivity index (χ0v) is 11.1. The van der Waals surface area contributed by atoms with E-state index in [0.29, 0.717) is 5.02 Å². The molecule has 0 aromatic heterocycles. The largest absolute Gasteiger partial charge is 0.224 e. The van der Waals surface area contributed by atoms with Gasteiger partial charge in [0.15, 0.2) is 9.84 Å². The molecule has 0 amide bonds. The average molecular weight is 308 g/mol. The average Bonchev–Trinajstić information content (AvgIpc) is 2.06. The smallest absolute Gasteiger partial charge is 0.182 e. The lowest BCUT2D eigenvalue weighted by Gasteiger charge is -2.07. The molecule has 1 aromatic rings. The summed E-state index contributed by atoms with van der Waals surface area (Å²) < 4.78 is 23.4. The first-order chi connectivity index (χ1) is 6.83. The van der Waals surface area contributed by atoms with Crippen molar-refractivity contribution in [2.24, 2.45) is 0 Å². The van der Waals surface area contributed by atoms with Gasteiger partial charge < -0.3 is 0 Å². The Morgan fingerprint density at radius 2 is 1.80 bits per heavy atom. The third-order valence-corrected chi connectivity index (χ3v) is 4.71. The van der Waals surface area contributed by atoms with Gasteiger partial charge in [0.1, 0.15) is 4.84 Å². The van der Waals surface area contributed by atoms with E-state index in [-0.39, 0.29) is 9.92 Å². The second-order valence-corrected chi connectivity index (χ2v) is 6.87. The second kappa shape index (κ2) is 5.11. The van der Waals surface area contributed by atoms with Gasteiger partial charge in [0, 0.05) is 5.02 Å². The minimum atomic E-state index is -3.59. The first kappa shape index (κ1) is 13.4. The molecule has 7 heteroatoms. The van der Waals surface area contributed by atoms with E-state index in [0.717, 1.165) is 0 Å². The Labute approximate surface area is 108 Å². The summed E-state index contributed by atoms with van der Waals surface area (Å²) in [6.45, 7) is 0. The van der Waals surface area contributed by atoms with Crippen molar-refractivity contribution < 1.29 is 8.42 Å². The lowest BCUT2D eigenvalue weighted by molar-refractivity contribution is 0.597. The van der Waals surface area contributed by atoms with Gasteiger partial charge in [0.2, 0.25) is 0 Å². The standard InChI is InChI=1S/C8H6Cl4O2S/c9-5-1-2-6(10)7(3-5)15(13,14)4-8(11)12/h1-3,8H,4H2. The van der Waals surface area contributed by atoms with Crippen LogP contribution in [-0.4, -0.2) is 19.0 Å². The molecule has 0 N–H and O–H groups in total. The van der Waals surface area contributed by atoms with E-state index in [1.165, 1.54) is 18.2 Å². The Kier molecular flexibility index (Phi) is 4.56. The first-order valence-corrected chi connectivity index (χ1v) is 7.07. The number of rotatable bonds is 3. The highest BCUT2D eigenvalue weighted by molar-refractivity contribution is 7.91. The number of sulfone groups is 1. The van der Waals surface area contributed by atoms with E-state index < -0.39 is 20.4 Å². The van der Waals surface area contributed by atoms with Gasteiger partial charge in [-0.05, 0) is 18.2 Å². The normalized spacial score (nSPS) is 12.1. The lowest BCUT2D eigenvalue weighted by Crippen LogP contribution is -2.12. The molecular weight excluding hydrogens is 302 g/mol. The summed E-state index contributed by atoms with van der Waals surface area (Å²) in [5.41, 5.74) is 0. The topological polar surface area (TPSA) is 34.1 Å². The van der Waals surface area contributed by atoms with Crippen LogP contribution >= 0.6 is 46.4 Å². The molecule has 0 aliphatic heterocycles. The highest BCUT2D eigenvalue weighted by Crippen LogP contribution is 2.27. The summed E-state index contributed by atoms with van der Waals surface area (Å²) in [6, 6.07) is 4.19. The Hall–Kier alpha value is 0.330. The van der Waals surface area contributed by atoms with Gasteiger partial charge in [-0.25, -0.2) is 8.42 Å². The van der Waals surface area contributed by atoms with Crippen LogP contribution in [-0.2, 0) is 9.84 Å². The molecule has 0 saturated carbocycles. The molecule has 0 atom stereocenters. The molecule has 15 heavy (non-hydrogen) atoms. The molecule has 0 saturated heterocycles. The molecule has 84 valence electrons. The summed E-state index contributed by atoms with van der Waals surface area (Å²) >= 11 is 22.2. The summed E-state index contributed by atoms with van der Waals surface area (Å²) in [6.07, 6.45) is 0. The van der Waals surface area contributed by atoms with Crippen LogP contribution in [0.4, 0.5) is 0 Å². The maximum atomic E-state index is 11.7. The van der Waals surface area contributed by atoms with Gasteiger partial charge in [0.05, 0.1) is 15.7 Å². The van der Waals surface area contributed by atoms with Crippen molar-refractivity contribution in [2.75, 3.05) is 5.75 Å². The fraction of sp³-hybridized carbons (Fsp3) is 0.250.